The van der Waals surface area contributed by atoms with E-state index < -0.39 is 23.9 Å². The van der Waals surface area contributed by atoms with Crippen LogP contribution in [-0.2, 0) is 0 Å². The van der Waals surface area contributed by atoms with E-state index in [1.54, 1.807) is 12.3 Å². The standard InChI is InChI=1S/C20H20FN5O4/c21-11-1-2-17-14(5-11)16-6-12(27)9-25(16)18-3-4-26-19(24-18)15(8-23-26)20(29)22-7-13(28)10-30-17/h1-5,8,12-13,16,27-28H,6-7,9-10H2,(H,22,29)/t12?,13?,16-/m0/s1. The first-order valence-corrected chi connectivity index (χ1v) is 9.67. The molecule has 2 unspecified atom stereocenters. The molecule has 0 radical (unpaired) electrons. The van der Waals surface area contributed by atoms with Crippen LogP contribution >= 0.6 is 0 Å². The number of nitrogens with one attached hydrogen (secondary N) is 1. The minimum atomic E-state index is -0.967. The smallest absolute Gasteiger partial charge is 0.256 e. The van der Waals surface area contributed by atoms with Crippen molar-refractivity contribution in [2.24, 2.45) is 0 Å². The van der Waals surface area contributed by atoms with Gasteiger partial charge in [0.1, 0.15) is 35.7 Å². The number of fused-ring (bicyclic) bond motifs is 5. The van der Waals surface area contributed by atoms with Crippen LogP contribution in [0.15, 0.2) is 36.7 Å². The summed E-state index contributed by atoms with van der Waals surface area (Å²) in [4.78, 5) is 19.0. The summed E-state index contributed by atoms with van der Waals surface area (Å²) in [6, 6.07) is 5.53. The maximum Gasteiger partial charge on any atom is 0.256 e. The number of rotatable bonds is 0. The van der Waals surface area contributed by atoms with Gasteiger partial charge < -0.3 is 25.2 Å². The number of aliphatic hydroxyl groups is 2. The molecule has 0 spiro atoms. The van der Waals surface area contributed by atoms with E-state index in [0.29, 0.717) is 35.7 Å². The number of β-amino-alcohol motifs (C(OH)–C–C–N with tert-alkyl or cyclic N) is 1. The van der Waals surface area contributed by atoms with Crippen LogP contribution in [0, 0.1) is 5.82 Å². The number of carbonyl (C=O) groups is 1. The van der Waals surface area contributed by atoms with Crippen molar-refractivity contribution in [3.63, 3.8) is 0 Å². The minimum Gasteiger partial charge on any atom is -0.490 e. The van der Waals surface area contributed by atoms with Gasteiger partial charge in [-0.3, -0.25) is 4.79 Å². The summed E-state index contributed by atoms with van der Waals surface area (Å²) < 4.78 is 21.4. The van der Waals surface area contributed by atoms with Gasteiger partial charge in [0.25, 0.3) is 5.91 Å². The molecular weight excluding hydrogens is 393 g/mol. The van der Waals surface area contributed by atoms with E-state index >= 15 is 0 Å². The summed E-state index contributed by atoms with van der Waals surface area (Å²) in [5.41, 5.74) is 1.19. The Kier molecular flexibility index (Phi) is 4.52. The lowest BCUT2D eigenvalue weighted by molar-refractivity contribution is 0.0842. The first-order valence-electron chi connectivity index (χ1n) is 9.67. The first-order chi connectivity index (χ1) is 14.5. The average Bonchev–Trinajstić information content (AvgIpc) is 3.33. The second-order valence-electron chi connectivity index (χ2n) is 7.53. The van der Waals surface area contributed by atoms with Crippen molar-refractivity contribution in [1.29, 1.82) is 0 Å². The maximum atomic E-state index is 14.1. The van der Waals surface area contributed by atoms with Crippen molar-refractivity contribution in [3.8, 4) is 5.75 Å². The lowest BCUT2D eigenvalue weighted by atomic mass is 10.0. The molecule has 2 bridgehead atoms. The van der Waals surface area contributed by atoms with Gasteiger partial charge in [-0.2, -0.15) is 5.10 Å². The Bertz CT molecular complexity index is 1120. The quantitative estimate of drug-likeness (QED) is 0.496. The number of halogens is 1. The van der Waals surface area contributed by atoms with Crippen molar-refractivity contribution in [1.82, 2.24) is 19.9 Å². The van der Waals surface area contributed by atoms with Crippen LogP contribution in [0.1, 0.15) is 28.4 Å². The number of hydrogen-bond acceptors (Lipinski definition) is 7. The molecule has 3 N–H and O–H groups in total. The van der Waals surface area contributed by atoms with Crippen LogP contribution < -0.4 is 15.0 Å². The fraction of sp³-hybridized carbons (Fsp3) is 0.350. The van der Waals surface area contributed by atoms with Crippen LogP contribution in [0.2, 0.25) is 0 Å². The van der Waals surface area contributed by atoms with Crippen molar-refractivity contribution in [2.45, 2.75) is 24.7 Å². The monoisotopic (exact) mass is 413 g/mol. The number of carbonyl (C=O) groups excluding carboxylic acids is 1. The van der Waals surface area contributed by atoms with E-state index in [1.807, 2.05) is 4.90 Å². The summed E-state index contributed by atoms with van der Waals surface area (Å²) in [5.74, 6) is 0.111. The van der Waals surface area contributed by atoms with Crippen molar-refractivity contribution in [2.75, 3.05) is 24.6 Å². The molecule has 156 valence electrons. The third-order valence-corrected chi connectivity index (χ3v) is 5.43. The highest BCUT2D eigenvalue weighted by atomic mass is 19.1. The fourth-order valence-electron chi connectivity index (χ4n) is 4.00. The number of amides is 1. The average molecular weight is 413 g/mol. The number of anilines is 1. The Morgan fingerprint density at radius 3 is 2.97 bits per heavy atom. The highest BCUT2D eigenvalue weighted by Crippen LogP contribution is 2.40. The van der Waals surface area contributed by atoms with Crippen molar-refractivity contribution >= 4 is 17.4 Å². The molecule has 5 rings (SSSR count). The van der Waals surface area contributed by atoms with Crippen LogP contribution in [0.4, 0.5) is 10.2 Å². The molecule has 1 fully saturated rings. The number of benzene rings is 1. The summed E-state index contributed by atoms with van der Waals surface area (Å²) >= 11 is 0. The third kappa shape index (κ3) is 3.23. The van der Waals surface area contributed by atoms with E-state index in [4.69, 9.17) is 4.74 Å². The molecule has 0 saturated carbocycles. The lowest BCUT2D eigenvalue weighted by Crippen LogP contribution is -2.35. The number of nitrogens with zero attached hydrogens (tertiary/aromatic N) is 4. The second kappa shape index (κ2) is 7.22. The van der Waals surface area contributed by atoms with Crippen LogP contribution in [0.5, 0.6) is 5.75 Å². The predicted octanol–water partition coefficient (Wildman–Crippen LogP) is 0.664. The van der Waals surface area contributed by atoms with Crippen LogP contribution in [-0.4, -0.2) is 62.6 Å². The summed E-state index contributed by atoms with van der Waals surface area (Å²) in [5, 5.41) is 27.4. The molecule has 4 heterocycles. The van der Waals surface area contributed by atoms with E-state index in [0.717, 1.165) is 0 Å². The van der Waals surface area contributed by atoms with E-state index in [2.05, 4.69) is 15.4 Å². The molecule has 1 aromatic carbocycles. The predicted molar refractivity (Wildman–Crippen MR) is 104 cm³/mol. The highest BCUT2D eigenvalue weighted by Gasteiger charge is 2.35. The van der Waals surface area contributed by atoms with Gasteiger partial charge >= 0.3 is 0 Å². The van der Waals surface area contributed by atoms with Crippen LogP contribution in [0.25, 0.3) is 5.65 Å². The SMILES string of the molecule is O=C1NCC(O)COc2ccc(F)cc2[C@@H]2CC(O)CN2c2ccn3ncc1c3n2. The molecule has 2 aromatic heterocycles. The van der Waals surface area contributed by atoms with Gasteiger partial charge in [0, 0.05) is 24.8 Å². The Balaban J connectivity index is 1.67. The molecule has 2 aliphatic rings. The number of hydrogen-bond donors (Lipinski definition) is 3. The van der Waals surface area contributed by atoms with Crippen molar-refractivity contribution < 1.29 is 24.1 Å². The Morgan fingerprint density at radius 1 is 1.23 bits per heavy atom. The number of ether oxygens (including phenoxy) is 1. The first kappa shape index (κ1) is 18.8. The van der Waals surface area contributed by atoms with Gasteiger partial charge in [-0.25, -0.2) is 13.9 Å². The third-order valence-electron chi connectivity index (χ3n) is 5.43. The zero-order chi connectivity index (χ0) is 20.8. The number of aromatic nitrogens is 3. The molecule has 1 saturated heterocycles. The Labute approximate surface area is 170 Å². The van der Waals surface area contributed by atoms with Crippen molar-refractivity contribution in [3.05, 3.63) is 53.6 Å². The van der Waals surface area contributed by atoms with Gasteiger partial charge in [0.15, 0.2) is 5.65 Å². The molecule has 3 aromatic rings. The maximum absolute atomic E-state index is 14.1. The summed E-state index contributed by atoms with van der Waals surface area (Å²) in [6.45, 7) is 0.184. The molecule has 9 nitrogen and oxygen atoms in total. The highest BCUT2D eigenvalue weighted by molar-refractivity contribution is 5.99. The number of aliphatic hydroxyl groups excluding tert-OH is 2. The Hall–Kier alpha value is -3.24. The molecule has 10 heteroatoms. The molecule has 3 atom stereocenters. The van der Waals surface area contributed by atoms with Gasteiger partial charge in [-0.05, 0) is 30.7 Å². The summed E-state index contributed by atoms with van der Waals surface area (Å²) in [7, 11) is 0. The van der Waals surface area contributed by atoms with Gasteiger partial charge in [-0.15, -0.1) is 0 Å². The van der Waals surface area contributed by atoms with E-state index in [1.165, 1.54) is 28.9 Å². The molecule has 2 aliphatic heterocycles. The minimum absolute atomic E-state index is 0.0271. The largest absolute Gasteiger partial charge is 0.490 e. The van der Waals surface area contributed by atoms with E-state index in [-0.39, 0.29) is 24.8 Å². The normalized spacial score (nSPS) is 24.2. The zero-order valence-electron chi connectivity index (χ0n) is 15.9. The topological polar surface area (TPSA) is 112 Å². The fourth-order valence-corrected chi connectivity index (χ4v) is 4.00. The molecular formula is C20H20FN5O4. The molecule has 0 aliphatic carbocycles. The zero-order valence-corrected chi connectivity index (χ0v) is 15.9. The summed E-state index contributed by atoms with van der Waals surface area (Å²) in [6.07, 6.45) is 1.85. The lowest BCUT2D eigenvalue weighted by Gasteiger charge is -2.28. The molecule has 30 heavy (non-hydrogen) atoms. The van der Waals surface area contributed by atoms with E-state index in [9.17, 15) is 19.4 Å². The Morgan fingerprint density at radius 2 is 2.10 bits per heavy atom. The van der Waals surface area contributed by atoms with Gasteiger partial charge in [0.2, 0.25) is 0 Å². The van der Waals surface area contributed by atoms with Gasteiger partial charge in [-0.1, -0.05) is 0 Å². The van der Waals surface area contributed by atoms with Crippen LogP contribution in [0.3, 0.4) is 0 Å². The second-order valence-corrected chi connectivity index (χ2v) is 7.53. The van der Waals surface area contributed by atoms with Gasteiger partial charge in [0.05, 0.1) is 18.3 Å². The molecule has 1 amide bonds.